The van der Waals surface area contributed by atoms with Crippen molar-refractivity contribution in [2.75, 3.05) is 11.9 Å². The van der Waals surface area contributed by atoms with E-state index in [1.807, 2.05) is 0 Å². The SMILES string of the molecule is NC(=O)CCNc1cc(F)ccc1[N+](=O)[O-]. The minimum Gasteiger partial charge on any atom is -0.379 e. The van der Waals surface area contributed by atoms with Crippen molar-refractivity contribution < 1.29 is 14.1 Å². The molecule has 0 atom stereocenters. The number of benzene rings is 1. The summed E-state index contributed by atoms with van der Waals surface area (Å²) in [6.45, 7) is 0.125. The lowest BCUT2D eigenvalue weighted by atomic mass is 10.2. The van der Waals surface area contributed by atoms with Crippen molar-refractivity contribution in [2.45, 2.75) is 6.42 Å². The fraction of sp³-hybridized carbons (Fsp3) is 0.222. The van der Waals surface area contributed by atoms with Crippen molar-refractivity contribution in [3.63, 3.8) is 0 Å². The number of amides is 1. The zero-order chi connectivity index (χ0) is 12.1. The number of anilines is 1. The second-order valence-electron chi connectivity index (χ2n) is 3.06. The van der Waals surface area contributed by atoms with Crippen molar-refractivity contribution in [2.24, 2.45) is 5.73 Å². The summed E-state index contributed by atoms with van der Waals surface area (Å²) in [4.78, 5) is 20.4. The number of rotatable bonds is 5. The first kappa shape index (κ1) is 11.9. The summed E-state index contributed by atoms with van der Waals surface area (Å²) in [7, 11) is 0. The number of hydrogen-bond acceptors (Lipinski definition) is 4. The van der Waals surface area contributed by atoms with Crippen LogP contribution in [0.2, 0.25) is 0 Å². The molecule has 0 unspecified atom stereocenters. The molecule has 0 heterocycles. The number of primary amides is 1. The molecule has 1 aromatic rings. The lowest BCUT2D eigenvalue weighted by Crippen LogP contribution is -2.16. The van der Waals surface area contributed by atoms with E-state index in [4.69, 9.17) is 5.73 Å². The number of nitro groups is 1. The molecule has 0 saturated heterocycles. The number of nitrogens with zero attached hydrogens (tertiary/aromatic N) is 1. The second kappa shape index (κ2) is 5.06. The van der Waals surface area contributed by atoms with E-state index < -0.39 is 16.6 Å². The molecule has 3 N–H and O–H groups in total. The van der Waals surface area contributed by atoms with Gasteiger partial charge in [-0.3, -0.25) is 14.9 Å². The van der Waals surface area contributed by atoms with Crippen LogP contribution in [0.15, 0.2) is 18.2 Å². The van der Waals surface area contributed by atoms with Crippen LogP contribution in [0.3, 0.4) is 0 Å². The van der Waals surface area contributed by atoms with E-state index >= 15 is 0 Å². The summed E-state index contributed by atoms with van der Waals surface area (Å²) in [5.41, 5.74) is 4.69. The van der Waals surface area contributed by atoms with Crippen molar-refractivity contribution >= 4 is 17.3 Å². The second-order valence-corrected chi connectivity index (χ2v) is 3.06. The lowest BCUT2D eigenvalue weighted by Gasteiger charge is -2.05. The number of nitro benzene ring substituents is 1. The fourth-order valence-corrected chi connectivity index (χ4v) is 1.13. The normalized spacial score (nSPS) is 9.81. The first-order valence-corrected chi connectivity index (χ1v) is 4.47. The molecule has 0 aliphatic rings. The van der Waals surface area contributed by atoms with Gasteiger partial charge in [0.15, 0.2) is 0 Å². The minimum absolute atomic E-state index is 0.0215. The van der Waals surface area contributed by atoms with Crippen LogP contribution in [0, 0.1) is 15.9 Å². The highest BCUT2D eigenvalue weighted by Crippen LogP contribution is 2.24. The molecule has 0 radical (unpaired) electrons. The summed E-state index contributed by atoms with van der Waals surface area (Å²) in [5.74, 6) is -1.13. The predicted molar refractivity (Wildman–Crippen MR) is 55.4 cm³/mol. The van der Waals surface area contributed by atoms with Crippen molar-refractivity contribution in [3.05, 3.63) is 34.1 Å². The van der Waals surface area contributed by atoms with E-state index in [0.717, 1.165) is 18.2 Å². The third-order valence-electron chi connectivity index (χ3n) is 1.84. The molecule has 0 spiro atoms. The van der Waals surface area contributed by atoms with E-state index in [9.17, 15) is 19.3 Å². The standard InChI is InChI=1S/C9H10FN3O3/c10-6-1-2-8(13(15)16)7(5-6)12-4-3-9(11)14/h1-2,5,12H,3-4H2,(H2,11,14). The van der Waals surface area contributed by atoms with Crippen LogP contribution in [0.25, 0.3) is 0 Å². The van der Waals surface area contributed by atoms with Crippen LogP contribution in [-0.2, 0) is 4.79 Å². The highest BCUT2D eigenvalue weighted by atomic mass is 19.1. The number of carbonyl (C=O) groups is 1. The number of carbonyl (C=O) groups excluding carboxylic acids is 1. The van der Waals surface area contributed by atoms with Gasteiger partial charge < -0.3 is 11.1 Å². The monoisotopic (exact) mass is 227 g/mol. The van der Waals surface area contributed by atoms with Gasteiger partial charge in [0.25, 0.3) is 5.69 Å². The fourth-order valence-electron chi connectivity index (χ4n) is 1.13. The molecule has 0 aromatic heterocycles. The first-order chi connectivity index (χ1) is 7.50. The first-order valence-electron chi connectivity index (χ1n) is 4.47. The molecular formula is C9H10FN3O3. The summed E-state index contributed by atoms with van der Waals surface area (Å²) in [6, 6.07) is 3.05. The molecule has 0 aliphatic carbocycles. The summed E-state index contributed by atoms with van der Waals surface area (Å²) >= 11 is 0. The van der Waals surface area contributed by atoms with Gasteiger partial charge in [0.2, 0.25) is 5.91 Å². The van der Waals surface area contributed by atoms with Crippen molar-refractivity contribution in [1.29, 1.82) is 0 Å². The Kier molecular flexibility index (Phi) is 3.76. The predicted octanol–water partition coefficient (Wildman–Crippen LogP) is 1.02. The maximum atomic E-state index is 12.8. The molecular weight excluding hydrogens is 217 g/mol. The van der Waals surface area contributed by atoms with Gasteiger partial charge in [0.1, 0.15) is 11.5 Å². The summed E-state index contributed by atoms with van der Waals surface area (Å²) in [6.07, 6.45) is 0.0215. The summed E-state index contributed by atoms with van der Waals surface area (Å²) in [5, 5.41) is 13.2. The van der Waals surface area contributed by atoms with E-state index in [1.54, 1.807) is 0 Å². The third-order valence-corrected chi connectivity index (χ3v) is 1.84. The van der Waals surface area contributed by atoms with Gasteiger partial charge in [-0.1, -0.05) is 0 Å². The van der Waals surface area contributed by atoms with E-state index in [-0.39, 0.29) is 24.3 Å². The van der Waals surface area contributed by atoms with Gasteiger partial charge >= 0.3 is 0 Å². The average Bonchev–Trinajstić information content (AvgIpc) is 2.16. The maximum absolute atomic E-state index is 12.8. The molecule has 86 valence electrons. The van der Waals surface area contributed by atoms with Gasteiger partial charge in [-0.15, -0.1) is 0 Å². The van der Waals surface area contributed by atoms with E-state index in [2.05, 4.69) is 5.32 Å². The Morgan fingerprint density at radius 2 is 2.25 bits per heavy atom. The number of nitrogens with one attached hydrogen (secondary N) is 1. The van der Waals surface area contributed by atoms with Crippen LogP contribution in [0.4, 0.5) is 15.8 Å². The molecule has 1 aromatic carbocycles. The molecule has 0 saturated carbocycles. The number of halogens is 1. The van der Waals surface area contributed by atoms with Crippen LogP contribution in [0.5, 0.6) is 0 Å². The molecule has 0 bridgehead atoms. The highest BCUT2D eigenvalue weighted by molar-refractivity contribution is 5.74. The Morgan fingerprint density at radius 3 is 2.81 bits per heavy atom. The molecule has 1 amide bonds. The highest BCUT2D eigenvalue weighted by Gasteiger charge is 2.13. The molecule has 0 fully saturated rings. The largest absolute Gasteiger partial charge is 0.379 e. The third kappa shape index (κ3) is 3.19. The Hall–Kier alpha value is -2.18. The molecule has 6 nitrogen and oxygen atoms in total. The topological polar surface area (TPSA) is 98.3 Å². The van der Waals surface area contributed by atoms with Crippen LogP contribution in [0.1, 0.15) is 6.42 Å². The molecule has 1 rings (SSSR count). The summed E-state index contributed by atoms with van der Waals surface area (Å²) < 4.78 is 12.8. The van der Waals surface area contributed by atoms with E-state index in [1.165, 1.54) is 0 Å². The average molecular weight is 227 g/mol. The minimum atomic E-state index is -0.633. The van der Waals surface area contributed by atoms with Gasteiger partial charge in [-0.2, -0.15) is 0 Å². The smallest absolute Gasteiger partial charge is 0.292 e. The Labute approximate surface area is 90.4 Å². The quantitative estimate of drug-likeness (QED) is 0.579. The van der Waals surface area contributed by atoms with Gasteiger partial charge in [-0.25, -0.2) is 4.39 Å². The zero-order valence-electron chi connectivity index (χ0n) is 8.27. The van der Waals surface area contributed by atoms with Gasteiger partial charge in [0.05, 0.1) is 4.92 Å². The Balaban J connectivity index is 2.80. The lowest BCUT2D eigenvalue weighted by molar-refractivity contribution is -0.384. The van der Waals surface area contributed by atoms with Crippen LogP contribution in [-0.4, -0.2) is 17.4 Å². The van der Waals surface area contributed by atoms with E-state index in [0.29, 0.717) is 0 Å². The Bertz CT molecular complexity index is 422. The van der Waals surface area contributed by atoms with Gasteiger partial charge in [-0.05, 0) is 6.07 Å². The maximum Gasteiger partial charge on any atom is 0.292 e. The number of nitrogens with two attached hydrogens (primary N) is 1. The molecule has 0 aliphatic heterocycles. The van der Waals surface area contributed by atoms with Gasteiger partial charge in [0, 0.05) is 25.1 Å². The number of hydrogen-bond donors (Lipinski definition) is 2. The molecule has 7 heteroatoms. The van der Waals surface area contributed by atoms with Crippen LogP contribution < -0.4 is 11.1 Å². The molecule has 16 heavy (non-hydrogen) atoms. The van der Waals surface area contributed by atoms with Crippen molar-refractivity contribution in [1.82, 2.24) is 0 Å². The zero-order valence-corrected chi connectivity index (χ0v) is 8.27. The van der Waals surface area contributed by atoms with Crippen molar-refractivity contribution in [3.8, 4) is 0 Å². The van der Waals surface area contributed by atoms with Crippen LogP contribution >= 0.6 is 0 Å². The Morgan fingerprint density at radius 1 is 1.56 bits per heavy atom.